The van der Waals surface area contributed by atoms with Crippen molar-refractivity contribution in [2.45, 2.75) is 61.4 Å². The number of methoxy groups -OCH3 is 1. The predicted octanol–water partition coefficient (Wildman–Crippen LogP) is -2.71. The highest BCUT2D eigenvalue weighted by Gasteiger charge is 2.51. The molecule has 2 fully saturated rings. The highest BCUT2D eigenvalue weighted by molar-refractivity contribution is 5.91. The van der Waals surface area contributed by atoms with Gasteiger partial charge in [0, 0.05) is 11.6 Å². The summed E-state index contributed by atoms with van der Waals surface area (Å²) >= 11 is 0. The van der Waals surface area contributed by atoms with E-state index in [4.69, 9.17) is 28.1 Å². The highest BCUT2D eigenvalue weighted by Crippen LogP contribution is 2.44. The summed E-state index contributed by atoms with van der Waals surface area (Å²) in [6.45, 7) is -1.69. The lowest BCUT2D eigenvalue weighted by Gasteiger charge is -2.45. The molecule has 3 heterocycles. The van der Waals surface area contributed by atoms with Gasteiger partial charge in [-0.15, -0.1) is 0 Å². The molecule has 18 nitrogen and oxygen atoms in total. The van der Waals surface area contributed by atoms with Gasteiger partial charge >= 0.3 is 0 Å². The zero-order valence-electron chi connectivity index (χ0n) is 23.8. The second-order valence-corrected chi connectivity index (χ2v) is 10.6. The second kappa shape index (κ2) is 13.0. The van der Waals surface area contributed by atoms with Gasteiger partial charge in [-0.25, -0.2) is 0 Å². The Morgan fingerprint density at radius 1 is 0.739 bits per heavy atom. The Hall–Kier alpha value is -3.95. The Labute approximate surface area is 257 Å². The Balaban J connectivity index is 1.53. The summed E-state index contributed by atoms with van der Waals surface area (Å²) in [6, 6.07) is 4.22. The van der Waals surface area contributed by atoms with E-state index in [1.807, 2.05) is 0 Å². The van der Waals surface area contributed by atoms with Crippen LogP contribution in [0.5, 0.6) is 34.5 Å². The van der Waals surface area contributed by atoms with Crippen molar-refractivity contribution in [1.29, 1.82) is 0 Å². The highest BCUT2D eigenvalue weighted by atomic mass is 16.7. The normalized spacial score (nSPS) is 31.6. The monoisotopic (exact) mass is 656 g/mol. The number of phenols is 4. The molecule has 5 rings (SSSR count). The maximum atomic E-state index is 13.8. The zero-order valence-corrected chi connectivity index (χ0v) is 23.8. The number of rotatable bonds is 8. The minimum absolute atomic E-state index is 0.0764. The summed E-state index contributed by atoms with van der Waals surface area (Å²) in [5, 5.41) is 112. The molecule has 46 heavy (non-hydrogen) atoms. The molecule has 11 N–H and O–H groups in total. The number of fused-ring (bicyclic) bond motifs is 1. The van der Waals surface area contributed by atoms with Crippen LogP contribution >= 0.6 is 0 Å². The Morgan fingerprint density at radius 3 is 2.02 bits per heavy atom. The fourth-order valence-corrected chi connectivity index (χ4v) is 5.22. The first-order valence-corrected chi connectivity index (χ1v) is 13.7. The van der Waals surface area contributed by atoms with Crippen LogP contribution in [0.1, 0.15) is 0 Å². The summed E-state index contributed by atoms with van der Waals surface area (Å²) in [4.78, 5) is 13.8. The van der Waals surface area contributed by atoms with Gasteiger partial charge in [0.15, 0.2) is 35.0 Å². The van der Waals surface area contributed by atoms with Crippen LogP contribution in [0.15, 0.2) is 33.5 Å². The summed E-state index contributed by atoms with van der Waals surface area (Å²) in [7, 11) is 1.11. The molecule has 18 heteroatoms. The summed E-state index contributed by atoms with van der Waals surface area (Å²) in [5.41, 5.74) is -1.56. The van der Waals surface area contributed by atoms with E-state index in [0.29, 0.717) is 0 Å². The summed E-state index contributed by atoms with van der Waals surface area (Å²) in [6.07, 6.45) is -17.9. The van der Waals surface area contributed by atoms with E-state index >= 15 is 0 Å². The molecular formula is C28H32O18. The van der Waals surface area contributed by atoms with Crippen LogP contribution in [0, 0.1) is 0 Å². The molecule has 0 saturated carbocycles. The van der Waals surface area contributed by atoms with Crippen LogP contribution in [-0.2, 0) is 14.2 Å². The van der Waals surface area contributed by atoms with E-state index in [-0.39, 0.29) is 11.1 Å². The van der Waals surface area contributed by atoms with Crippen molar-refractivity contribution >= 4 is 11.0 Å². The molecule has 10 atom stereocenters. The van der Waals surface area contributed by atoms with E-state index in [0.717, 1.165) is 25.3 Å². The minimum atomic E-state index is -2.07. The van der Waals surface area contributed by atoms with Gasteiger partial charge in [0.2, 0.25) is 23.2 Å². The van der Waals surface area contributed by atoms with Gasteiger partial charge in [-0.1, -0.05) is 0 Å². The Morgan fingerprint density at radius 2 is 1.39 bits per heavy atom. The van der Waals surface area contributed by atoms with Crippen LogP contribution in [0.2, 0.25) is 0 Å². The van der Waals surface area contributed by atoms with Crippen molar-refractivity contribution in [3.63, 3.8) is 0 Å². The molecule has 0 spiro atoms. The topological polar surface area (TPSA) is 299 Å². The maximum Gasteiger partial charge on any atom is 0.239 e. The first kappa shape index (κ1) is 33.4. The van der Waals surface area contributed by atoms with Crippen LogP contribution in [-0.4, -0.2) is 138 Å². The number of ether oxygens (including phenoxy) is 5. The van der Waals surface area contributed by atoms with E-state index < -0.39 is 126 Å². The number of benzene rings is 2. The third-order valence-electron chi connectivity index (χ3n) is 7.69. The quantitative estimate of drug-likeness (QED) is 0.110. The van der Waals surface area contributed by atoms with Gasteiger partial charge in [-0.2, -0.15) is 0 Å². The lowest BCUT2D eigenvalue weighted by atomic mass is 9.97. The smallest absolute Gasteiger partial charge is 0.239 e. The van der Waals surface area contributed by atoms with Crippen LogP contribution in [0.25, 0.3) is 22.3 Å². The number of aliphatic hydroxyl groups is 7. The van der Waals surface area contributed by atoms with Gasteiger partial charge in [0.1, 0.15) is 59.8 Å². The number of phenolic OH excluding ortho intramolecular Hbond substituents is 4. The second-order valence-electron chi connectivity index (χ2n) is 10.6. The maximum absolute atomic E-state index is 13.8. The first-order valence-electron chi connectivity index (χ1n) is 13.7. The molecule has 0 radical (unpaired) electrons. The molecule has 1 aromatic heterocycles. The fraction of sp³-hybridized carbons (Fsp3) is 0.464. The zero-order chi connectivity index (χ0) is 33.6. The SMILES string of the molecule is COc1c(O)cc2oc(-c3ccc(O)c(O)c3)c(O[C@@H]3O[C@H](CO)[C@@H](O[C@@H]4O[C@H](CO)[C@@H](O)[C@H](O)[C@H]4O)[C@H](O)[C@H]3O)c(=O)c2c1O. The van der Waals surface area contributed by atoms with Gasteiger partial charge in [0.05, 0.1) is 20.3 Å². The molecular weight excluding hydrogens is 624 g/mol. The summed E-state index contributed by atoms with van der Waals surface area (Å²) in [5.74, 6) is -4.32. The van der Waals surface area contributed by atoms with Gasteiger partial charge in [0.25, 0.3) is 0 Å². The predicted molar refractivity (Wildman–Crippen MR) is 148 cm³/mol. The largest absolute Gasteiger partial charge is 0.504 e. The number of hydrogen-bond acceptors (Lipinski definition) is 18. The Bertz CT molecular complexity index is 1620. The number of aliphatic hydroxyl groups excluding tert-OH is 7. The van der Waals surface area contributed by atoms with Crippen LogP contribution in [0.4, 0.5) is 0 Å². The molecule has 0 unspecified atom stereocenters. The average Bonchev–Trinajstić information content (AvgIpc) is 3.03. The van der Waals surface area contributed by atoms with Crippen LogP contribution in [0.3, 0.4) is 0 Å². The lowest BCUT2D eigenvalue weighted by molar-refractivity contribution is -0.352. The lowest BCUT2D eigenvalue weighted by Crippen LogP contribution is -2.65. The molecule has 0 aliphatic carbocycles. The molecule has 0 amide bonds. The van der Waals surface area contributed by atoms with E-state index in [1.165, 1.54) is 6.07 Å². The molecule has 2 aliphatic heterocycles. The Kier molecular flexibility index (Phi) is 9.47. The number of aromatic hydroxyl groups is 4. The van der Waals surface area contributed by atoms with Crippen molar-refractivity contribution in [1.82, 2.24) is 0 Å². The van der Waals surface area contributed by atoms with Crippen molar-refractivity contribution in [3.05, 3.63) is 34.5 Å². The molecule has 3 aromatic rings. The first-order chi connectivity index (χ1) is 21.8. The standard InChI is InChI=1S/C28H32O18/c1-41-24-11(33)5-12-15(17(24)35)18(36)26(23(42-12)8-2-3-9(31)10(32)4-8)46-28-22(40)20(38)25(14(7-30)44-28)45-27-21(39)19(37)16(34)13(6-29)43-27/h2-5,13-14,16,19-22,25,27-35,37-40H,6-7H2,1H3/t13-,14-,16-,19+,20-,21-,22-,25-,27+,28+/m1/s1. The van der Waals surface area contributed by atoms with E-state index in [9.17, 15) is 61.0 Å². The van der Waals surface area contributed by atoms with Crippen molar-refractivity contribution < 1.29 is 84.3 Å². The van der Waals surface area contributed by atoms with Crippen molar-refractivity contribution in [3.8, 4) is 45.8 Å². The van der Waals surface area contributed by atoms with Crippen molar-refractivity contribution in [2.24, 2.45) is 0 Å². The van der Waals surface area contributed by atoms with Crippen LogP contribution < -0.4 is 14.9 Å². The fourth-order valence-electron chi connectivity index (χ4n) is 5.22. The van der Waals surface area contributed by atoms with Crippen molar-refractivity contribution in [2.75, 3.05) is 20.3 Å². The molecule has 0 bridgehead atoms. The number of hydrogen-bond donors (Lipinski definition) is 11. The van der Waals surface area contributed by atoms with Gasteiger partial charge in [-0.05, 0) is 18.2 Å². The molecule has 2 saturated heterocycles. The third-order valence-corrected chi connectivity index (χ3v) is 7.69. The van der Waals surface area contributed by atoms with Gasteiger partial charge < -0.3 is 84.3 Å². The average molecular weight is 657 g/mol. The summed E-state index contributed by atoms with van der Waals surface area (Å²) < 4.78 is 32.8. The van der Waals surface area contributed by atoms with E-state index in [2.05, 4.69) is 0 Å². The molecule has 2 aromatic carbocycles. The third kappa shape index (κ3) is 5.75. The minimum Gasteiger partial charge on any atom is -0.504 e. The van der Waals surface area contributed by atoms with E-state index in [1.54, 1.807) is 0 Å². The molecule has 2 aliphatic rings. The molecule has 252 valence electrons. The van der Waals surface area contributed by atoms with Gasteiger partial charge in [-0.3, -0.25) is 4.79 Å².